The fraction of sp³-hybridized carbons (Fsp3) is 0.429. The average Bonchev–Trinajstić information content (AvgIpc) is 2.74. The Morgan fingerprint density at radius 1 is 1.23 bits per heavy atom. The number of hydrogen-bond acceptors (Lipinski definition) is 5. The Morgan fingerprint density at radius 3 is 2.70 bits per heavy atom. The van der Waals surface area contributed by atoms with E-state index >= 15 is 0 Å². The SMILES string of the molecule is CCC(C)Oc1cc(C)ccc1CNC(=NC)NCCNS(=O)(=O)c1cccnc1. The van der Waals surface area contributed by atoms with Crippen LogP contribution in [0.2, 0.25) is 0 Å². The highest BCUT2D eigenvalue weighted by molar-refractivity contribution is 7.89. The summed E-state index contributed by atoms with van der Waals surface area (Å²) in [6, 6.07) is 9.21. The molecular weight excluding hydrogens is 402 g/mol. The fourth-order valence-corrected chi connectivity index (χ4v) is 3.57. The lowest BCUT2D eigenvalue weighted by Gasteiger charge is -2.18. The van der Waals surface area contributed by atoms with Gasteiger partial charge in [0.15, 0.2) is 5.96 Å². The number of nitrogens with zero attached hydrogens (tertiary/aromatic N) is 2. The molecule has 8 nitrogen and oxygen atoms in total. The van der Waals surface area contributed by atoms with Crippen LogP contribution in [0.25, 0.3) is 0 Å². The summed E-state index contributed by atoms with van der Waals surface area (Å²) in [5.74, 6) is 1.43. The maximum absolute atomic E-state index is 12.2. The zero-order valence-corrected chi connectivity index (χ0v) is 18.8. The third-order valence-corrected chi connectivity index (χ3v) is 5.90. The van der Waals surface area contributed by atoms with Crippen LogP contribution in [0.1, 0.15) is 31.4 Å². The van der Waals surface area contributed by atoms with Crippen molar-refractivity contribution < 1.29 is 13.2 Å². The van der Waals surface area contributed by atoms with Gasteiger partial charge in [-0.05, 0) is 44.0 Å². The highest BCUT2D eigenvalue weighted by Gasteiger charge is 2.13. The minimum absolute atomic E-state index is 0.135. The van der Waals surface area contributed by atoms with E-state index in [4.69, 9.17) is 4.74 Å². The lowest BCUT2D eigenvalue weighted by molar-refractivity contribution is 0.215. The van der Waals surface area contributed by atoms with Crippen LogP contribution in [0, 0.1) is 6.92 Å². The first-order valence-corrected chi connectivity index (χ1v) is 11.4. The van der Waals surface area contributed by atoms with E-state index < -0.39 is 10.0 Å². The number of ether oxygens (including phenoxy) is 1. The number of pyridine rings is 1. The number of benzene rings is 1. The molecule has 0 saturated heterocycles. The average molecular weight is 434 g/mol. The Morgan fingerprint density at radius 2 is 2.03 bits per heavy atom. The number of aryl methyl sites for hydroxylation is 1. The predicted octanol–water partition coefficient (Wildman–Crippen LogP) is 2.21. The fourth-order valence-electron chi connectivity index (χ4n) is 2.57. The van der Waals surface area contributed by atoms with E-state index in [1.165, 1.54) is 18.5 Å². The lowest BCUT2D eigenvalue weighted by Crippen LogP contribution is -2.41. The van der Waals surface area contributed by atoms with Crippen molar-refractivity contribution in [1.82, 2.24) is 20.3 Å². The van der Waals surface area contributed by atoms with Crippen molar-refractivity contribution in [3.8, 4) is 5.75 Å². The Hall–Kier alpha value is -2.65. The second kappa shape index (κ2) is 11.5. The van der Waals surface area contributed by atoms with Crippen LogP contribution in [-0.2, 0) is 16.6 Å². The second-order valence-electron chi connectivity index (χ2n) is 6.89. The first-order valence-electron chi connectivity index (χ1n) is 9.96. The number of aliphatic imine (C=N–C) groups is 1. The van der Waals surface area contributed by atoms with Crippen molar-refractivity contribution in [3.63, 3.8) is 0 Å². The topological polar surface area (TPSA) is 105 Å². The van der Waals surface area contributed by atoms with Crippen molar-refractivity contribution in [2.75, 3.05) is 20.1 Å². The Bertz CT molecular complexity index is 933. The molecule has 0 radical (unpaired) electrons. The van der Waals surface area contributed by atoms with E-state index in [9.17, 15) is 8.42 Å². The number of rotatable bonds is 10. The summed E-state index contributed by atoms with van der Waals surface area (Å²) in [5, 5.41) is 6.34. The van der Waals surface area contributed by atoms with Crippen molar-refractivity contribution in [2.24, 2.45) is 4.99 Å². The summed E-state index contributed by atoms with van der Waals surface area (Å²) in [6.45, 7) is 7.30. The number of guanidine groups is 1. The number of aromatic nitrogens is 1. The van der Waals surface area contributed by atoms with Crippen molar-refractivity contribution in [2.45, 2.75) is 44.7 Å². The molecule has 3 N–H and O–H groups in total. The first-order chi connectivity index (χ1) is 14.4. The van der Waals surface area contributed by atoms with Gasteiger partial charge in [-0.1, -0.05) is 19.1 Å². The van der Waals surface area contributed by atoms with E-state index in [0.29, 0.717) is 19.0 Å². The monoisotopic (exact) mass is 433 g/mol. The molecule has 164 valence electrons. The van der Waals surface area contributed by atoms with Crippen LogP contribution >= 0.6 is 0 Å². The smallest absolute Gasteiger partial charge is 0.242 e. The quantitative estimate of drug-likeness (QED) is 0.301. The molecular formula is C21H31N5O3S. The number of sulfonamides is 1. The number of nitrogens with one attached hydrogen (secondary N) is 3. The lowest BCUT2D eigenvalue weighted by atomic mass is 10.1. The van der Waals surface area contributed by atoms with Gasteiger partial charge in [-0.3, -0.25) is 9.98 Å². The maximum Gasteiger partial charge on any atom is 0.242 e. The Kier molecular flexibility index (Phi) is 9.07. The molecule has 1 heterocycles. The molecule has 0 aliphatic heterocycles. The van der Waals surface area contributed by atoms with Crippen LogP contribution in [0.15, 0.2) is 52.6 Å². The van der Waals surface area contributed by atoms with Crippen LogP contribution in [0.5, 0.6) is 5.75 Å². The van der Waals surface area contributed by atoms with E-state index in [1.807, 2.05) is 32.0 Å². The first kappa shape index (κ1) is 23.6. The van der Waals surface area contributed by atoms with Gasteiger partial charge in [-0.2, -0.15) is 0 Å². The zero-order chi connectivity index (χ0) is 22.0. The van der Waals surface area contributed by atoms with Gasteiger partial charge in [0.25, 0.3) is 0 Å². The summed E-state index contributed by atoms with van der Waals surface area (Å²) in [7, 11) is -1.91. The highest BCUT2D eigenvalue weighted by Crippen LogP contribution is 2.22. The van der Waals surface area contributed by atoms with Gasteiger partial charge in [-0.15, -0.1) is 0 Å². The third-order valence-electron chi connectivity index (χ3n) is 4.45. The van der Waals surface area contributed by atoms with Gasteiger partial charge < -0.3 is 15.4 Å². The summed E-state index contributed by atoms with van der Waals surface area (Å²) < 4.78 is 33.0. The highest BCUT2D eigenvalue weighted by atomic mass is 32.2. The molecule has 0 fully saturated rings. The maximum atomic E-state index is 12.2. The van der Waals surface area contributed by atoms with E-state index in [-0.39, 0.29) is 17.5 Å². The van der Waals surface area contributed by atoms with Gasteiger partial charge >= 0.3 is 0 Å². The minimum Gasteiger partial charge on any atom is -0.490 e. The normalized spacial score (nSPS) is 13.0. The van der Waals surface area contributed by atoms with Crippen LogP contribution in [0.4, 0.5) is 0 Å². The summed E-state index contributed by atoms with van der Waals surface area (Å²) in [5.41, 5.74) is 2.17. The molecule has 1 unspecified atom stereocenters. The molecule has 0 aliphatic rings. The summed E-state index contributed by atoms with van der Waals surface area (Å²) in [4.78, 5) is 8.16. The molecule has 1 aromatic carbocycles. The summed E-state index contributed by atoms with van der Waals surface area (Å²) in [6.07, 6.45) is 3.91. The van der Waals surface area contributed by atoms with Crippen LogP contribution in [-0.4, -0.2) is 45.6 Å². The zero-order valence-electron chi connectivity index (χ0n) is 18.0. The second-order valence-corrected chi connectivity index (χ2v) is 8.65. The van der Waals surface area contributed by atoms with E-state index in [0.717, 1.165) is 23.3 Å². The third kappa shape index (κ3) is 7.31. The van der Waals surface area contributed by atoms with Crippen LogP contribution < -0.4 is 20.1 Å². The molecule has 1 atom stereocenters. The molecule has 0 saturated carbocycles. The summed E-state index contributed by atoms with van der Waals surface area (Å²) >= 11 is 0. The molecule has 0 spiro atoms. The van der Waals surface area contributed by atoms with E-state index in [1.54, 1.807) is 13.1 Å². The van der Waals surface area contributed by atoms with Crippen molar-refractivity contribution in [3.05, 3.63) is 53.9 Å². The Labute approximate surface area is 179 Å². The van der Waals surface area contributed by atoms with Gasteiger partial charge in [0.2, 0.25) is 10.0 Å². The largest absolute Gasteiger partial charge is 0.490 e. The number of hydrogen-bond donors (Lipinski definition) is 3. The Balaban J connectivity index is 1.86. The van der Waals surface area contributed by atoms with Crippen LogP contribution in [0.3, 0.4) is 0 Å². The molecule has 0 bridgehead atoms. The molecule has 2 aromatic rings. The molecule has 2 rings (SSSR count). The van der Waals surface area contributed by atoms with Gasteiger partial charge in [0.05, 0.1) is 6.10 Å². The molecule has 30 heavy (non-hydrogen) atoms. The molecule has 0 amide bonds. The molecule has 0 aliphatic carbocycles. The van der Waals surface area contributed by atoms with Gasteiger partial charge in [-0.25, -0.2) is 13.1 Å². The minimum atomic E-state index is -3.57. The molecule has 9 heteroatoms. The predicted molar refractivity (Wildman–Crippen MR) is 119 cm³/mol. The van der Waals surface area contributed by atoms with Crippen molar-refractivity contribution in [1.29, 1.82) is 0 Å². The van der Waals surface area contributed by atoms with E-state index in [2.05, 4.69) is 32.3 Å². The standard InChI is InChI=1S/C21H31N5O3S/c1-5-17(3)29-20-13-16(2)8-9-18(20)14-25-21(22-4)24-11-12-26-30(27,28)19-7-6-10-23-15-19/h6-10,13,15,17,26H,5,11-12,14H2,1-4H3,(H2,22,24,25). The molecule has 1 aromatic heterocycles. The van der Waals surface area contributed by atoms with Crippen molar-refractivity contribution >= 4 is 16.0 Å². The van der Waals surface area contributed by atoms with Gasteiger partial charge in [0.1, 0.15) is 10.6 Å². The van der Waals surface area contributed by atoms with Gasteiger partial charge in [0, 0.05) is 44.6 Å².